The molecule has 2 aromatic rings. The Hall–Kier alpha value is -3.26. The number of methoxy groups -OCH3 is 3. The lowest BCUT2D eigenvalue weighted by molar-refractivity contribution is 0.102. The van der Waals surface area contributed by atoms with Crippen molar-refractivity contribution in [3.63, 3.8) is 0 Å². The molecule has 0 bridgehead atoms. The van der Waals surface area contributed by atoms with Crippen LogP contribution in [0.25, 0.3) is 0 Å². The monoisotopic (exact) mass is 374 g/mol. The molecule has 0 unspecified atom stereocenters. The highest BCUT2D eigenvalue weighted by Gasteiger charge is 2.11. The average molecular weight is 374 g/mol. The summed E-state index contributed by atoms with van der Waals surface area (Å²) >= 11 is 0. The molecule has 8 heteroatoms. The lowest BCUT2D eigenvalue weighted by Gasteiger charge is -2.11. The van der Waals surface area contributed by atoms with E-state index in [-0.39, 0.29) is 12.5 Å². The third-order valence-electron chi connectivity index (χ3n) is 3.53. The van der Waals surface area contributed by atoms with Crippen LogP contribution in [0.2, 0.25) is 0 Å². The molecule has 0 atom stereocenters. The molecule has 2 amide bonds. The predicted molar refractivity (Wildman–Crippen MR) is 101 cm³/mol. The van der Waals surface area contributed by atoms with Crippen LogP contribution in [-0.2, 0) is 9.47 Å². The first-order valence-electron chi connectivity index (χ1n) is 8.13. The maximum absolute atomic E-state index is 12.5. The number of hydrogen-bond donors (Lipinski definition) is 2. The van der Waals surface area contributed by atoms with Crippen molar-refractivity contribution in [3.05, 3.63) is 48.0 Å². The number of rotatable bonds is 8. The van der Waals surface area contributed by atoms with Gasteiger partial charge >= 0.3 is 6.09 Å². The van der Waals surface area contributed by atoms with E-state index in [2.05, 4.69) is 10.6 Å². The van der Waals surface area contributed by atoms with E-state index in [0.29, 0.717) is 35.0 Å². The minimum atomic E-state index is -0.601. The van der Waals surface area contributed by atoms with Crippen molar-refractivity contribution in [2.45, 2.75) is 0 Å². The van der Waals surface area contributed by atoms with Crippen molar-refractivity contribution >= 4 is 23.4 Å². The number of nitrogens with one attached hydrogen (secondary N) is 2. The van der Waals surface area contributed by atoms with Gasteiger partial charge in [0.25, 0.3) is 5.91 Å². The van der Waals surface area contributed by atoms with Crippen molar-refractivity contribution in [2.75, 3.05) is 45.2 Å². The van der Waals surface area contributed by atoms with Crippen LogP contribution in [0.4, 0.5) is 16.2 Å². The summed E-state index contributed by atoms with van der Waals surface area (Å²) in [5.41, 5.74) is 1.41. The number of amides is 2. The zero-order valence-electron chi connectivity index (χ0n) is 15.4. The van der Waals surface area contributed by atoms with Gasteiger partial charge in [-0.15, -0.1) is 0 Å². The minimum absolute atomic E-state index is 0.151. The molecule has 0 saturated heterocycles. The summed E-state index contributed by atoms with van der Waals surface area (Å²) in [4.78, 5) is 24.1. The van der Waals surface area contributed by atoms with Gasteiger partial charge in [-0.2, -0.15) is 0 Å². The van der Waals surface area contributed by atoms with Crippen molar-refractivity contribution in [1.82, 2.24) is 0 Å². The second kappa shape index (κ2) is 10.0. The van der Waals surface area contributed by atoms with Gasteiger partial charge in [0.2, 0.25) is 0 Å². The van der Waals surface area contributed by atoms with Crippen LogP contribution in [-0.4, -0.2) is 46.5 Å². The van der Waals surface area contributed by atoms with Crippen LogP contribution in [0.3, 0.4) is 0 Å². The molecule has 2 rings (SSSR count). The number of anilines is 2. The maximum atomic E-state index is 12.5. The van der Waals surface area contributed by atoms with Gasteiger partial charge in [-0.1, -0.05) is 6.07 Å². The van der Waals surface area contributed by atoms with Gasteiger partial charge in [0.1, 0.15) is 6.61 Å². The van der Waals surface area contributed by atoms with Gasteiger partial charge in [0.05, 0.1) is 20.8 Å². The molecule has 0 spiro atoms. The quantitative estimate of drug-likeness (QED) is 0.689. The third kappa shape index (κ3) is 5.89. The Labute approximate surface area is 157 Å². The van der Waals surface area contributed by atoms with Crippen molar-refractivity contribution in [3.8, 4) is 11.5 Å². The molecular formula is C19H22N2O6. The minimum Gasteiger partial charge on any atom is -0.493 e. The fourth-order valence-electron chi connectivity index (χ4n) is 2.23. The van der Waals surface area contributed by atoms with E-state index in [9.17, 15) is 9.59 Å². The van der Waals surface area contributed by atoms with Crippen LogP contribution in [0.1, 0.15) is 10.4 Å². The summed E-state index contributed by atoms with van der Waals surface area (Å²) < 4.78 is 20.1. The lowest BCUT2D eigenvalue weighted by atomic mass is 10.1. The topological polar surface area (TPSA) is 95.1 Å². The van der Waals surface area contributed by atoms with Gasteiger partial charge in [0, 0.05) is 24.0 Å². The zero-order chi connectivity index (χ0) is 19.6. The summed E-state index contributed by atoms with van der Waals surface area (Å²) in [6.45, 7) is 0.465. The van der Waals surface area contributed by atoms with E-state index in [1.54, 1.807) is 42.5 Å². The Morgan fingerprint density at radius 2 is 1.56 bits per heavy atom. The number of benzene rings is 2. The number of ether oxygens (including phenoxy) is 4. The normalized spacial score (nSPS) is 10.0. The second-order valence-electron chi connectivity index (χ2n) is 5.36. The molecular weight excluding hydrogens is 352 g/mol. The molecule has 0 saturated carbocycles. The summed E-state index contributed by atoms with van der Waals surface area (Å²) in [5.74, 6) is 0.669. The van der Waals surface area contributed by atoms with Gasteiger partial charge in [-0.3, -0.25) is 10.1 Å². The number of carbonyl (C=O) groups excluding carboxylic acids is 2. The molecule has 0 aliphatic carbocycles. The highest BCUT2D eigenvalue weighted by atomic mass is 16.6. The molecule has 2 N–H and O–H groups in total. The number of hydrogen-bond acceptors (Lipinski definition) is 6. The van der Waals surface area contributed by atoms with Crippen LogP contribution in [0.5, 0.6) is 11.5 Å². The van der Waals surface area contributed by atoms with E-state index in [1.807, 2.05) is 0 Å². The summed E-state index contributed by atoms with van der Waals surface area (Å²) in [7, 11) is 4.54. The molecule has 2 aromatic carbocycles. The van der Waals surface area contributed by atoms with Crippen LogP contribution < -0.4 is 20.1 Å². The molecule has 0 aromatic heterocycles. The molecule has 144 valence electrons. The Morgan fingerprint density at radius 3 is 2.22 bits per heavy atom. The van der Waals surface area contributed by atoms with Crippen LogP contribution in [0, 0.1) is 0 Å². The Bertz CT molecular complexity index is 794. The van der Waals surface area contributed by atoms with E-state index in [1.165, 1.54) is 21.3 Å². The van der Waals surface area contributed by atoms with E-state index < -0.39 is 6.09 Å². The summed E-state index contributed by atoms with van der Waals surface area (Å²) in [5, 5.41) is 5.35. The Balaban J connectivity index is 2.03. The van der Waals surface area contributed by atoms with Crippen molar-refractivity contribution in [2.24, 2.45) is 0 Å². The highest BCUT2D eigenvalue weighted by molar-refractivity contribution is 6.05. The highest BCUT2D eigenvalue weighted by Crippen LogP contribution is 2.28. The smallest absolute Gasteiger partial charge is 0.411 e. The first-order chi connectivity index (χ1) is 13.1. The predicted octanol–water partition coefficient (Wildman–Crippen LogP) is 3.15. The summed E-state index contributed by atoms with van der Waals surface area (Å²) in [6.07, 6.45) is -0.601. The molecule has 0 radical (unpaired) electrons. The maximum Gasteiger partial charge on any atom is 0.411 e. The Kier molecular flexibility index (Phi) is 7.45. The van der Waals surface area contributed by atoms with Gasteiger partial charge in [-0.25, -0.2) is 4.79 Å². The average Bonchev–Trinajstić information content (AvgIpc) is 2.67. The first-order valence-corrected chi connectivity index (χ1v) is 8.13. The zero-order valence-corrected chi connectivity index (χ0v) is 15.4. The van der Waals surface area contributed by atoms with E-state index >= 15 is 0 Å². The molecule has 27 heavy (non-hydrogen) atoms. The van der Waals surface area contributed by atoms with E-state index in [4.69, 9.17) is 18.9 Å². The molecule has 8 nitrogen and oxygen atoms in total. The van der Waals surface area contributed by atoms with Crippen molar-refractivity contribution < 1.29 is 28.5 Å². The largest absolute Gasteiger partial charge is 0.493 e. The number of carbonyl (C=O) groups is 2. The standard InChI is InChI=1S/C19H22N2O6/c1-24-9-10-27-19(23)21-15-6-4-5-14(12-15)20-18(22)13-7-8-16(25-2)17(11-13)26-3/h4-8,11-12H,9-10H2,1-3H3,(H,20,22)(H,21,23). The molecule has 0 fully saturated rings. The van der Waals surface area contributed by atoms with Crippen LogP contribution in [0.15, 0.2) is 42.5 Å². The molecule has 0 aliphatic rings. The van der Waals surface area contributed by atoms with Crippen molar-refractivity contribution in [1.29, 1.82) is 0 Å². The van der Waals surface area contributed by atoms with Gasteiger partial charge in [0.15, 0.2) is 11.5 Å². The molecule has 0 heterocycles. The SMILES string of the molecule is COCCOC(=O)Nc1cccc(NC(=O)c2ccc(OC)c(OC)c2)c1. The fraction of sp³-hybridized carbons (Fsp3) is 0.263. The first kappa shape index (κ1) is 20.1. The van der Waals surface area contributed by atoms with Gasteiger partial charge in [-0.05, 0) is 36.4 Å². The van der Waals surface area contributed by atoms with Gasteiger partial charge < -0.3 is 24.3 Å². The summed E-state index contributed by atoms with van der Waals surface area (Å²) in [6, 6.07) is 11.6. The Morgan fingerprint density at radius 1 is 0.852 bits per heavy atom. The second-order valence-corrected chi connectivity index (χ2v) is 5.36. The van der Waals surface area contributed by atoms with Crippen LogP contribution >= 0.6 is 0 Å². The lowest BCUT2D eigenvalue weighted by Crippen LogP contribution is -2.17. The van der Waals surface area contributed by atoms with E-state index in [0.717, 1.165) is 0 Å². The fourth-order valence-corrected chi connectivity index (χ4v) is 2.23. The molecule has 0 aliphatic heterocycles. The third-order valence-corrected chi connectivity index (χ3v) is 3.53.